The summed E-state index contributed by atoms with van der Waals surface area (Å²) in [5, 5.41) is 12.8. The normalized spacial score (nSPS) is 41.3. The molecule has 0 spiro atoms. The van der Waals surface area contributed by atoms with Gasteiger partial charge < -0.3 is 14.7 Å². The standard InChI is InChI=1S/C24H35NO5/c1-4-22(28)30-20-8-7-18-17-6-5-15-13-16(25-29-14-21(26)27)9-11-23(15,2)19(17)10-12-24(18,20)3/h13,17-20H,4-12,14H2,1-3H3,(H,26,27)/b25-16+/t17-,18-,19+,20-,23+,24+/m1/s1. The van der Waals surface area contributed by atoms with Gasteiger partial charge >= 0.3 is 11.9 Å². The van der Waals surface area contributed by atoms with Gasteiger partial charge in [-0.2, -0.15) is 0 Å². The number of rotatable bonds is 5. The van der Waals surface area contributed by atoms with Crippen LogP contribution in [-0.2, 0) is 19.2 Å². The van der Waals surface area contributed by atoms with Crippen LogP contribution in [0, 0.1) is 28.6 Å². The first kappa shape index (κ1) is 21.4. The Morgan fingerprint density at radius 1 is 1.13 bits per heavy atom. The molecule has 0 radical (unpaired) electrons. The highest BCUT2D eigenvalue weighted by Gasteiger charge is 2.59. The maximum absolute atomic E-state index is 12.0. The van der Waals surface area contributed by atoms with Crippen LogP contribution in [0.4, 0.5) is 0 Å². The number of carboxylic acids is 1. The fourth-order valence-corrected chi connectivity index (χ4v) is 7.20. The number of aliphatic carboxylic acids is 1. The lowest BCUT2D eigenvalue weighted by molar-refractivity contribution is -0.159. The Kier molecular flexibility index (Phi) is 5.71. The molecule has 0 aliphatic heterocycles. The summed E-state index contributed by atoms with van der Waals surface area (Å²) in [6, 6.07) is 0. The van der Waals surface area contributed by atoms with E-state index in [1.807, 2.05) is 6.92 Å². The van der Waals surface area contributed by atoms with Crippen molar-refractivity contribution in [3.05, 3.63) is 11.6 Å². The quantitative estimate of drug-likeness (QED) is 0.516. The molecule has 0 unspecified atom stereocenters. The van der Waals surface area contributed by atoms with Crippen molar-refractivity contribution in [1.82, 2.24) is 0 Å². The molecule has 4 aliphatic rings. The Labute approximate surface area is 179 Å². The van der Waals surface area contributed by atoms with Crippen molar-refractivity contribution in [2.24, 2.45) is 33.7 Å². The predicted molar refractivity (Wildman–Crippen MR) is 113 cm³/mol. The SMILES string of the molecule is CCC(=O)O[C@@H]1CC[C@@H]2[C@H]3CCC4=C/C(=N/OCC(=O)O)CC[C@]4(C)[C@H]3CC[C@@]21C. The van der Waals surface area contributed by atoms with Gasteiger partial charge in [-0.05, 0) is 80.6 Å². The summed E-state index contributed by atoms with van der Waals surface area (Å²) < 4.78 is 5.89. The van der Waals surface area contributed by atoms with Crippen molar-refractivity contribution >= 4 is 17.7 Å². The minimum Gasteiger partial charge on any atom is -0.479 e. The number of esters is 1. The molecule has 4 aliphatic carbocycles. The highest BCUT2D eigenvalue weighted by atomic mass is 16.6. The number of hydrogen-bond acceptors (Lipinski definition) is 5. The Morgan fingerprint density at radius 2 is 1.93 bits per heavy atom. The number of oxime groups is 1. The summed E-state index contributed by atoms with van der Waals surface area (Å²) in [5.74, 6) is 0.931. The van der Waals surface area contributed by atoms with Crippen LogP contribution >= 0.6 is 0 Å². The van der Waals surface area contributed by atoms with Crippen LogP contribution in [0.2, 0.25) is 0 Å². The molecular formula is C24H35NO5. The van der Waals surface area contributed by atoms with Crippen LogP contribution in [0.3, 0.4) is 0 Å². The van der Waals surface area contributed by atoms with Crippen LogP contribution in [0.1, 0.15) is 78.6 Å². The maximum atomic E-state index is 12.0. The van der Waals surface area contributed by atoms with Gasteiger partial charge in [-0.25, -0.2) is 4.79 Å². The first-order valence-electron chi connectivity index (χ1n) is 11.6. The zero-order valence-corrected chi connectivity index (χ0v) is 18.5. The molecule has 166 valence electrons. The summed E-state index contributed by atoms with van der Waals surface area (Å²) in [7, 11) is 0. The fraction of sp³-hybridized carbons (Fsp3) is 0.792. The second kappa shape index (κ2) is 8.01. The molecule has 0 aromatic rings. The van der Waals surface area contributed by atoms with Crippen molar-refractivity contribution in [2.45, 2.75) is 84.7 Å². The van der Waals surface area contributed by atoms with Crippen molar-refractivity contribution in [2.75, 3.05) is 6.61 Å². The molecule has 0 aromatic carbocycles. The molecule has 6 atom stereocenters. The molecule has 1 N–H and O–H groups in total. The van der Waals surface area contributed by atoms with Gasteiger partial charge in [-0.3, -0.25) is 4.79 Å². The first-order valence-corrected chi connectivity index (χ1v) is 11.6. The molecule has 0 bridgehead atoms. The van der Waals surface area contributed by atoms with Crippen molar-refractivity contribution in [1.29, 1.82) is 0 Å². The predicted octanol–water partition coefficient (Wildman–Crippen LogP) is 4.73. The third kappa shape index (κ3) is 3.56. The van der Waals surface area contributed by atoms with E-state index in [1.54, 1.807) is 0 Å². The average molecular weight is 418 g/mol. The molecule has 0 aromatic heterocycles. The summed E-state index contributed by atoms with van der Waals surface area (Å²) in [5.41, 5.74) is 2.64. The molecule has 4 rings (SSSR count). The second-order valence-corrected chi connectivity index (χ2v) is 10.2. The minimum atomic E-state index is -1.00. The summed E-state index contributed by atoms with van der Waals surface area (Å²) in [6.07, 6.45) is 11.3. The highest BCUT2D eigenvalue weighted by Crippen LogP contribution is 2.65. The van der Waals surface area contributed by atoms with Crippen LogP contribution in [0.25, 0.3) is 0 Å². The number of carbonyl (C=O) groups is 2. The Hall–Kier alpha value is -1.85. The lowest BCUT2D eigenvalue weighted by Crippen LogP contribution is -2.51. The number of hydrogen-bond donors (Lipinski definition) is 1. The zero-order valence-electron chi connectivity index (χ0n) is 18.5. The molecule has 6 nitrogen and oxygen atoms in total. The number of ether oxygens (including phenoxy) is 1. The number of nitrogens with zero attached hydrogens (tertiary/aromatic N) is 1. The Bertz CT molecular complexity index is 774. The molecule has 0 saturated heterocycles. The Morgan fingerprint density at radius 3 is 2.67 bits per heavy atom. The molecule has 3 saturated carbocycles. The molecular weight excluding hydrogens is 382 g/mol. The minimum absolute atomic E-state index is 0.0611. The fourth-order valence-electron chi connectivity index (χ4n) is 7.20. The van der Waals surface area contributed by atoms with E-state index in [0.29, 0.717) is 24.2 Å². The van der Waals surface area contributed by atoms with Gasteiger partial charge in [0, 0.05) is 11.8 Å². The smallest absolute Gasteiger partial charge is 0.344 e. The molecule has 30 heavy (non-hydrogen) atoms. The second-order valence-electron chi connectivity index (χ2n) is 10.2. The van der Waals surface area contributed by atoms with E-state index in [2.05, 4.69) is 25.1 Å². The maximum Gasteiger partial charge on any atom is 0.344 e. The number of allylic oxidation sites excluding steroid dienone is 2. The van der Waals surface area contributed by atoms with Gasteiger partial charge in [0.15, 0.2) is 0 Å². The summed E-state index contributed by atoms with van der Waals surface area (Å²) in [6.45, 7) is 6.28. The van der Waals surface area contributed by atoms with E-state index in [1.165, 1.54) is 24.8 Å². The van der Waals surface area contributed by atoms with Gasteiger partial charge in [-0.1, -0.05) is 31.5 Å². The van der Waals surface area contributed by atoms with Crippen LogP contribution in [0.5, 0.6) is 0 Å². The van der Waals surface area contributed by atoms with E-state index in [0.717, 1.165) is 37.8 Å². The third-order valence-corrected chi connectivity index (χ3v) is 8.82. The molecule has 3 fully saturated rings. The lowest BCUT2D eigenvalue weighted by atomic mass is 9.47. The summed E-state index contributed by atoms with van der Waals surface area (Å²) in [4.78, 5) is 27.6. The molecule has 0 amide bonds. The van der Waals surface area contributed by atoms with Gasteiger partial charge in [0.1, 0.15) is 6.10 Å². The van der Waals surface area contributed by atoms with E-state index in [9.17, 15) is 9.59 Å². The highest BCUT2D eigenvalue weighted by molar-refractivity contribution is 5.96. The number of fused-ring (bicyclic) bond motifs is 5. The molecule has 6 heteroatoms. The molecule has 0 heterocycles. The van der Waals surface area contributed by atoms with E-state index in [4.69, 9.17) is 14.7 Å². The average Bonchev–Trinajstić information content (AvgIpc) is 3.04. The van der Waals surface area contributed by atoms with Gasteiger partial charge in [-0.15, -0.1) is 0 Å². The van der Waals surface area contributed by atoms with Crippen molar-refractivity contribution in [3.8, 4) is 0 Å². The van der Waals surface area contributed by atoms with Gasteiger partial charge in [0.2, 0.25) is 6.61 Å². The lowest BCUT2D eigenvalue weighted by Gasteiger charge is -2.58. The monoisotopic (exact) mass is 417 g/mol. The van der Waals surface area contributed by atoms with Crippen LogP contribution in [-0.4, -0.2) is 35.5 Å². The first-order chi connectivity index (χ1) is 14.3. The van der Waals surface area contributed by atoms with Crippen LogP contribution < -0.4 is 0 Å². The zero-order chi connectivity index (χ0) is 21.5. The third-order valence-electron chi connectivity index (χ3n) is 8.82. The van der Waals surface area contributed by atoms with Gasteiger partial charge in [0.05, 0.1) is 5.71 Å². The largest absolute Gasteiger partial charge is 0.479 e. The van der Waals surface area contributed by atoms with E-state index < -0.39 is 12.6 Å². The van der Waals surface area contributed by atoms with Crippen molar-refractivity contribution < 1.29 is 24.3 Å². The Balaban J connectivity index is 1.51. The summed E-state index contributed by atoms with van der Waals surface area (Å²) >= 11 is 0. The topological polar surface area (TPSA) is 85.2 Å². The van der Waals surface area contributed by atoms with Crippen molar-refractivity contribution in [3.63, 3.8) is 0 Å². The van der Waals surface area contributed by atoms with E-state index >= 15 is 0 Å². The van der Waals surface area contributed by atoms with Crippen LogP contribution in [0.15, 0.2) is 16.8 Å². The number of carboxylic acid groups (broad SMARTS) is 1. The van der Waals surface area contributed by atoms with Gasteiger partial charge in [0.25, 0.3) is 0 Å². The van der Waals surface area contributed by atoms with E-state index in [-0.39, 0.29) is 22.9 Å². The number of carbonyl (C=O) groups excluding carboxylic acids is 1.